The van der Waals surface area contributed by atoms with Gasteiger partial charge in [0.15, 0.2) is 0 Å². The van der Waals surface area contributed by atoms with Crippen molar-refractivity contribution in [3.05, 3.63) is 83.9 Å². The number of aryl methyl sites for hydroxylation is 1. The fourth-order valence-corrected chi connectivity index (χ4v) is 5.90. The molecule has 0 unspecified atom stereocenters. The van der Waals surface area contributed by atoms with Crippen molar-refractivity contribution in [2.45, 2.75) is 50.1 Å². The van der Waals surface area contributed by atoms with E-state index in [4.69, 9.17) is 4.74 Å². The molecule has 0 spiro atoms. The molecule has 0 aliphatic heterocycles. The SMILES string of the molecule is COc1ccc(CN(C(=O)CN(c2ccc(C)cc2)S(=O)(=O)c2ccc(SC)cc2)[C@H](C)C(=O)NCC(C)C)cc1. The van der Waals surface area contributed by atoms with Crippen molar-refractivity contribution in [3.63, 3.8) is 0 Å². The smallest absolute Gasteiger partial charge is 0.264 e. The minimum absolute atomic E-state index is 0.0769. The van der Waals surface area contributed by atoms with Gasteiger partial charge >= 0.3 is 0 Å². The molecule has 1 N–H and O–H groups in total. The number of nitrogens with one attached hydrogen (secondary N) is 1. The second kappa shape index (κ2) is 14.4. The zero-order chi connectivity index (χ0) is 30.2. The fraction of sp³-hybridized carbons (Fsp3) is 0.355. The van der Waals surface area contributed by atoms with Crippen LogP contribution < -0.4 is 14.4 Å². The molecule has 10 heteroatoms. The second-order valence-corrected chi connectivity index (χ2v) is 12.9. The van der Waals surface area contributed by atoms with E-state index in [1.54, 1.807) is 74.7 Å². The van der Waals surface area contributed by atoms with E-state index in [1.165, 1.54) is 16.7 Å². The minimum Gasteiger partial charge on any atom is -0.497 e. The third kappa shape index (κ3) is 8.50. The number of nitrogens with zero attached hydrogens (tertiary/aromatic N) is 2. The van der Waals surface area contributed by atoms with Crippen LogP contribution in [0.5, 0.6) is 5.75 Å². The average Bonchev–Trinajstić information content (AvgIpc) is 2.97. The standard InChI is InChI=1S/C31H39N3O5S2/c1-22(2)19-32-31(36)24(4)33(20-25-9-13-27(39-5)14-10-25)30(35)21-34(26-11-7-23(3)8-12-26)41(37,38)29-17-15-28(40-6)16-18-29/h7-18,22,24H,19-21H2,1-6H3,(H,32,36)/t24-/m1/s1. The molecule has 0 aromatic heterocycles. The third-order valence-corrected chi connectivity index (χ3v) is 9.14. The molecule has 0 radical (unpaired) electrons. The van der Waals surface area contributed by atoms with E-state index in [-0.39, 0.29) is 23.3 Å². The highest BCUT2D eigenvalue weighted by Crippen LogP contribution is 2.26. The van der Waals surface area contributed by atoms with Crippen molar-refractivity contribution in [2.75, 3.05) is 30.8 Å². The Morgan fingerprint density at radius 1 is 0.927 bits per heavy atom. The van der Waals surface area contributed by atoms with Crippen molar-refractivity contribution in [2.24, 2.45) is 5.92 Å². The molecule has 0 bridgehead atoms. The van der Waals surface area contributed by atoms with Gasteiger partial charge in [0, 0.05) is 18.0 Å². The summed E-state index contributed by atoms with van der Waals surface area (Å²) < 4.78 is 34.2. The minimum atomic E-state index is -4.11. The summed E-state index contributed by atoms with van der Waals surface area (Å²) in [5.41, 5.74) is 2.09. The highest BCUT2D eigenvalue weighted by molar-refractivity contribution is 7.98. The highest BCUT2D eigenvalue weighted by atomic mass is 32.2. The largest absolute Gasteiger partial charge is 0.497 e. The van der Waals surface area contributed by atoms with Gasteiger partial charge in [0.1, 0.15) is 18.3 Å². The molecule has 1 atom stereocenters. The maximum Gasteiger partial charge on any atom is 0.264 e. The molecule has 0 saturated carbocycles. The Labute approximate surface area is 248 Å². The number of ether oxygens (including phenoxy) is 1. The van der Waals surface area contributed by atoms with Gasteiger partial charge in [-0.15, -0.1) is 11.8 Å². The molecule has 3 aromatic carbocycles. The summed E-state index contributed by atoms with van der Waals surface area (Å²) >= 11 is 1.51. The second-order valence-electron chi connectivity index (χ2n) is 10.2. The Morgan fingerprint density at radius 3 is 2.07 bits per heavy atom. The summed E-state index contributed by atoms with van der Waals surface area (Å²) in [6.45, 7) is 7.63. The summed E-state index contributed by atoms with van der Waals surface area (Å²) in [6, 6.07) is 19.9. The number of anilines is 1. The van der Waals surface area contributed by atoms with Crippen LogP contribution in [0.4, 0.5) is 5.69 Å². The lowest BCUT2D eigenvalue weighted by atomic mass is 10.1. The maximum absolute atomic E-state index is 14.0. The number of benzene rings is 3. The van der Waals surface area contributed by atoms with Crippen LogP contribution >= 0.6 is 11.8 Å². The lowest BCUT2D eigenvalue weighted by molar-refractivity contribution is -0.139. The Balaban J connectivity index is 2.00. The van der Waals surface area contributed by atoms with Gasteiger partial charge in [-0.05, 0) is 80.1 Å². The number of carbonyl (C=O) groups is 2. The molecule has 220 valence electrons. The van der Waals surface area contributed by atoms with Gasteiger partial charge < -0.3 is 15.0 Å². The number of sulfonamides is 1. The molecule has 2 amide bonds. The number of rotatable bonds is 13. The quantitative estimate of drug-likeness (QED) is 0.275. The van der Waals surface area contributed by atoms with Crippen molar-refractivity contribution < 1.29 is 22.7 Å². The zero-order valence-electron chi connectivity index (χ0n) is 24.5. The van der Waals surface area contributed by atoms with Gasteiger partial charge in [0.05, 0.1) is 17.7 Å². The van der Waals surface area contributed by atoms with Crippen molar-refractivity contribution in [3.8, 4) is 5.75 Å². The van der Waals surface area contributed by atoms with Crippen molar-refractivity contribution in [1.82, 2.24) is 10.2 Å². The van der Waals surface area contributed by atoms with Crippen LogP contribution in [0, 0.1) is 12.8 Å². The lowest BCUT2D eigenvalue weighted by Crippen LogP contribution is -2.51. The van der Waals surface area contributed by atoms with Gasteiger partial charge in [-0.1, -0.05) is 43.7 Å². The molecule has 8 nitrogen and oxygen atoms in total. The normalized spacial score (nSPS) is 12.1. The monoisotopic (exact) mass is 597 g/mol. The fourth-order valence-electron chi connectivity index (χ4n) is 4.08. The van der Waals surface area contributed by atoms with Gasteiger partial charge in [-0.25, -0.2) is 8.42 Å². The molecule has 0 heterocycles. The van der Waals surface area contributed by atoms with Crippen LogP contribution in [-0.4, -0.2) is 57.6 Å². The van der Waals surface area contributed by atoms with Crippen LogP contribution in [0.3, 0.4) is 0 Å². The number of thioether (sulfide) groups is 1. The zero-order valence-corrected chi connectivity index (χ0v) is 26.1. The first-order valence-electron chi connectivity index (χ1n) is 13.4. The summed E-state index contributed by atoms with van der Waals surface area (Å²) in [6.07, 6.45) is 1.91. The molecule has 0 aliphatic rings. The molecule has 0 aliphatic carbocycles. The number of carbonyl (C=O) groups excluding carboxylic acids is 2. The summed E-state index contributed by atoms with van der Waals surface area (Å²) in [7, 11) is -2.54. The molecule has 41 heavy (non-hydrogen) atoms. The van der Waals surface area contributed by atoms with Gasteiger partial charge in [-0.2, -0.15) is 0 Å². The molecule has 3 rings (SSSR count). The van der Waals surface area contributed by atoms with Gasteiger partial charge in [0.2, 0.25) is 11.8 Å². The van der Waals surface area contributed by atoms with Crippen LogP contribution in [-0.2, 0) is 26.2 Å². The molecular formula is C31H39N3O5S2. The van der Waals surface area contributed by atoms with Crippen molar-refractivity contribution in [1.29, 1.82) is 0 Å². The topological polar surface area (TPSA) is 96.0 Å². The Bertz CT molecular complexity index is 1410. The number of hydrogen-bond donors (Lipinski definition) is 1. The van der Waals surface area contributed by atoms with E-state index in [0.29, 0.717) is 18.0 Å². The van der Waals surface area contributed by atoms with E-state index in [1.807, 2.05) is 39.2 Å². The number of amides is 2. The predicted molar refractivity (Wildman–Crippen MR) is 165 cm³/mol. The van der Waals surface area contributed by atoms with Crippen LogP contribution in [0.25, 0.3) is 0 Å². The van der Waals surface area contributed by atoms with Gasteiger partial charge in [-0.3, -0.25) is 13.9 Å². The van der Waals surface area contributed by atoms with Crippen molar-refractivity contribution >= 4 is 39.3 Å². The average molecular weight is 598 g/mol. The summed E-state index contributed by atoms with van der Waals surface area (Å²) in [5, 5.41) is 2.89. The first kappa shape index (κ1) is 32.0. The van der Waals surface area contributed by atoms with E-state index in [9.17, 15) is 18.0 Å². The Kier molecular flexibility index (Phi) is 11.3. The Hall–Kier alpha value is -3.50. The van der Waals surface area contributed by atoms with Crippen LogP contribution in [0.2, 0.25) is 0 Å². The molecule has 0 saturated heterocycles. The molecule has 3 aromatic rings. The predicted octanol–water partition coefficient (Wildman–Crippen LogP) is 5.11. The summed E-state index contributed by atoms with van der Waals surface area (Å²) in [4.78, 5) is 29.5. The summed E-state index contributed by atoms with van der Waals surface area (Å²) in [5.74, 6) is 0.0888. The van der Waals surface area contributed by atoms with E-state index >= 15 is 0 Å². The maximum atomic E-state index is 14.0. The lowest BCUT2D eigenvalue weighted by Gasteiger charge is -2.32. The van der Waals surface area contributed by atoms with Crippen LogP contribution in [0.15, 0.2) is 82.6 Å². The number of methoxy groups -OCH3 is 1. The third-order valence-electron chi connectivity index (χ3n) is 6.61. The Morgan fingerprint density at radius 2 is 1.54 bits per heavy atom. The van der Waals surface area contributed by atoms with E-state index in [0.717, 1.165) is 20.3 Å². The molecular weight excluding hydrogens is 558 g/mol. The first-order valence-corrected chi connectivity index (χ1v) is 16.1. The highest BCUT2D eigenvalue weighted by Gasteiger charge is 2.32. The first-order chi connectivity index (χ1) is 19.5. The van der Waals surface area contributed by atoms with Crippen LogP contribution in [0.1, 0.15) is 31.9 Å². The number of hydrogen-bond acceptors (Lipinski definition) is 6. The van der Waals surface area contributed by atoms with E-state index < -0.39 is 28.5 Å². The molecule has 0 fully saturated rings. The van der Waals surface area contributed by atoms with Gasteiger partial charge in [0.25, 0.3) is 10.0 Å². The van der Waals surface area contributed by atoms with E-state index in [2.05, 4.69) is 5.32 Å².